The summed E-state index contributed by atoms with van der Waals surface area (Å²) in [6.07, 6.45) is 14.2. The summed E-state index contributed by atoms with van der Waals surface area (Å²) < 4.78 is 32.5. The van der Waals surface area contributed by atoms with Crippen LogP contribution in [0.5, 0.6) is 0 Å². The number of aliphatic hydroxyl groups is 3. The van der Waals surface area contributed by atoms with Gasteiger partial charge in [-0.15, -0.1) is 59.6 Å². The van der Waals surface area contributed by atoms with Crippen molar-refractivity contribution >= 4 is 184 Å². The summed E-state index contributed by atoms with van der Waals surface area (Å²) in [6.45, 7) is 34.5. The average molecular weight is 2210 g/mol. The summed E-state index contributed by atoms with van der Waals surface area (Å²) >= 11 is 25.2. The smallest absolute Gasteiger partial charge is 1.00 e. The minimum atomic E-state index is -1.67. The Morgan fingerprint density at radius 1 is 0.667 bits per heavy atom. The Kier molecular flexibility index (Phi) is 103. The van der Waals surface area contributed by atoms with Crippen LogP contribution >= 0.6 is 139 Å². The molecule has 31 nitrogen and oxygen atoms in total. The van der Waals surface area contributed by atoms with Crippen LogP contribution in [0.1, 0.15) is 152 Å². The van der Waals surface area contributed by atoms with Crippen LogP contribution in [0.4, 0.5) is 0 Å². The van der Waals surface area contributed by atoms with E-state index in [9.17, 15) is 24.0 Å². The molecule has 114 heavy (non-hydrogen) atoms. The molecule has 49 heteroatoms. The van der Waals surface area contributed by atoms with Crippen molar-refractivity contribution in [2.75, 3.05) is 30.6 Å². The number of ether oxygens (including phenoxy) is 1. The van der Waals surface area contributed by atoms with Gasteiger partial charge in [0.25, 0.3) is 23.2 Å². The van der Waals surface area contributed by atoms with Crippen LogP contribution in [-0.2, 0) is 80.4 Å². The van der Waals surface area contributed by atoms with Crippen molar-refractivity contribution in [1.29, 1.82) is 1.34 Å². The van der Waals surface area contributed by atoms with Crippen LogP contribution in [0.3, 0.4) is 0 Å². The van der Waals surface area contributed by atoms with Gasteiger partial charge in [0.1, 0.15) is 19.2 Å². The number of aromatic nitrogens is 18. The molecule has 10 rings (SSSR count). The summed E-state index contributed by atoms with van der Waals surface area (Å²) in [7, 11) is 10.7. The fourth-order valence-corrected chi connectivity index (χ4v) is 10.6. The molecule has 1 fully saturated rings. The third kappa shape index (κ3) is 63.7. The number of nitrogens with one attached hydrogen (secondary N) is 5. The van der Waals surface area contributed by atoms with E-state index >= 15 is 0 Å². The van der Waals surface area contributed by atoms with Crippen LogP contribution in [0, 0.1) is 98.2 Å². The number of aryl methyl sites for hydroxylation is 14. The van der Waals surface area contributed by atoms with Gasteiger partial charge in [-0.3, -0.25) is 33.8 Å². The normalized spacial score (nSPS) is 10.3. The number of hydrogen-bond acceptors (Lipinski definition) is 24. The van der Waals surface area contributed by atoms with E-state index in [-0.39, 0.29) is 241 Å². The Hall–Kier alpha value is -0.205. The van der Waals surface area contributed by atoms with Crippen LogP contribution in [-0.4, -0.2) is 180 Å². The molecule has 626 valence electrons. The fraction of sp³-hybridized carbons (Fsp3) is 0.492. The standard InChI is InChI=1S/2C12H16N4OS.C7H11ClN2.C7H12N2O.C7H10N2O.C5H6N2OS.C5H6N2O.C4H8BO.C2H5I.CH2Cl2.CH2O3.2CH4O.B.Cl2OS.2ClH.2K.Na.U.2H/c2*1-4-16-7-13-9(3)10(16)6-18-12-14-8(2)5-11(17)15-12;1-3-10-5-9-6(2)7(10)4-8;2*1-3-9-5-8-6(2)7(9)4-10;1-3-2-4(8)7-5(9)6-3;1-4-5(2-8)7-3-6-4;5-4-2-1-3-6-4;1-2-3;2-1-3;2-1-4-3;2*1-2;;1-4(2)3;;;;;;;;/h2*5,7H,4,6H2,1-3H3,(H,14,15,17);5H,3-4H2,1-2H3;5,10H,3-4H2,1-2H3;4-5H,3H2,1-2H3;2H,1H3,(H2,6,7,8,9);2-3H,1H3,(H,6,7);4-5H,1-3H2;2H2,1H3;1H2;1,3H;2*2H,1H3;;;2*1H;;;;;;/q;;;;;;;;;;;;;;;;;3*+1;;2*-1/p-1/i;;;;;;;5D;;;;;;;;;;;;;;;. The number of aliphatic hydroxyl groups excluding tert-OH is 3. The molecule has 4 radical (unpaired) electrons. The van der Waals surface area contributed by atoms with Gasteiger partial charge in [0.05, 0.1) is 107 Å². The number of aldehydes is 2. The maximum Gasteiger partial charge on any atom is 1.00 e. The Morgan fingerprint density at radius 2 is 1.02 bits per heavy atom. The van der Waals surface area contributed by atoms with Crippen molar-refractivity contribution in [3.05, 3.63) is 177 Å². The Bertz CT molecular complexity index is 3980. The first-order valence-corrected chi connectivity index (χ1v) is 40.5. The Balaban J connectivity index is -0.0000000936. The van der Waals surface area contributed by atoms with E-state index in [1.807, 2.05) is 90.4 Å². The molecule has 1 unspecified atom stereocenters. The number of H-pyrrole nitrogens is 5. The van der Waals surface area contributed by atoms with Gasteiger partial charge in [0, 0.05) is 173 Å². The first-order chi connectivity index (χ1) is 51.5. The van der Waals surface area contributed by atoms with Crippen molar-refractivity contribution in [2.45, 2.75) is 190 Å². The quantitative estimate of drug-likeness (QED) is 0.00617. The van der Waals surface area contributed by atoms with Gasteiger partial charge < -0.3 is 75.8 Å². The third-order valence-electron chi connectivity index (χ3n) is 13.0. The number of imidazole rings is 6. The zero-order chi connectivity index (χ0) is 83.3. The summed E-state index contributed by atoms with van der Waals surface area (Å²) in [5, 5.41) is 32.8. The molecule has 0 spiro atoms. The van der Waals surface area contributed by atoms with Gasteiger partial charge in [-0.25, -0.2) is 44.1 Å². The second kappa shape index (κ2) is 87.7. The van der Waals surface area contributed by atoms with Gasteiger partial charge in [-0.05, 0) is 128 Å². The average Bonchev–Trinajstić information content (AvgIpc) is 1.75. The van der Waals surface area contributed by atoms with E-state index in [4.69, 9.17) is 70.5 Å². The van der Waals surface area contributed by atoms with Crippen LogP contribution < -0.4 is 154 Å². The first kappa shape index (κ1) is 134. The molecule has 0 bridgehead atoms. The number of aromatic amines is 5. The zero-order valence-electron chi connectivity index (χ0n) is 71.0. The minimum absolute atomic E-state index is 0. The molecule has 9 aromatic heterocycles. The van der Waals surface area contributed by atoms with Gasteiger partial charge in [0.15, 0.2) is 27.7 Å². The number of rotatable bonds is 17. The van der Waals surface area contributed by atoms with Gasteiger partial charge in [-0.1, -0.05) is 53.0 Å². The van der Waals surface area contributed by atoms with Crippen molar-refractivity contribution in [1.82, 2.24) is 87.6 Å². The third-order valence-corrected chi connectivity index (χ3v) is 15.3. The number of alkyl halides is 4. The molecule has 0 amide bonds. The Morgan fingerprint density at radius 3 is 1.26 bits per heavy atom. The molecule has 0 saturated carbocycles. The fourth-order valence-electron chi connectivity index (χ4n) is 7.97. The predicted octanol–water partition coefficient (Wildman–Crippen LogP) is 2.02. The molecule has 1 atom stereocenters. The number of hydrogen-bond donors (Lipinski definition) is 8. The minimum Gasteiger partial charge on any atom is -1.00 e. The maximum atomic E-state index is 11.3. The first-order valence-electron chi connectivity index (χ1n) is 32.8. The van der Waals surface area contributed by atoms with E-state index < -0.39 is 9.23 Å². The summed E-state index contributed by atoms with van der Waals surface area (Å²) in [6, 6.07) is 4.58. The van der Waals surface area contributed by atoms with E-state index in [0.717, 1.165) is 153 Å². The number of carbonyl (C=O) groups is 3. The summed E-state index contributed by atoms with van der Waals surface area (Å²) in [5.74, 6) is 2.07. The van der Waals surface area contributed by atoms with Crippen LogP contribution in [0.25, 0.3) is 0 Å². The van der Waals surface area contributed by atoms with Crippen molar-refractivity contribution < 1.29 is 215 Å². The largest absolute Gasteiger partial charge is 1.00 e. The summed E-state index contributed by atoms with van der Waals surface area (Å²) in [4.78, 5) is 111. The predicted molar refractivity (Wildman–Crippen MR) is 461 cm³/mol. The van der Waals surface area contributed by atoms with Gasteiger partial charge in [-0.2, -0.15) is 0 Å². The van der Waals surface area contributed by atoms with E-state index in [0.29, 0.717) is 32.4 Å². The SMILES string of the molecule is CCI.CCn1cnc(C)c1C=O.CCn1cnc(C)c1CCl.CCn1cnc(C)c1CO.CCn1cnc(C)c1CSc1nc(C)cc(=O)[nH]1.CCn1cnc(C)c1CSc1nc(C)cc(=O)[nH]1.CO.CO.Cc1[nH]cnc1C=O.Cc1cc(=O)[nH]c(=S)[nH]1.Cl.Cl.ClCCl.O=CO[O-].O=S(Cl)Cl.[2H][B]C1CCCO1.[B].[H-].[H-].[K+].[K+].[Na+].[U]. The molecule has 8 N–H and O–H groups in total. The molecule has 1 aliphatic heterocycles. The monoisotopic (exact) mass is 2210 g/mol. The topological polar surface area (TPSA) is 428 Å². The molecule has 10 heterocycles. The van der Waals surface area contributed by atoms with Crippen molar-refractivity contribution in [3.63, 3.8) is 0 Å². The van der Waals surface area contributed by atoms with Gasteiger partial charge in [0.2, 0.25) is 9.23 Å². The van der Waals surface area contributed by atoms with E-state index in [1.54, 1.807) is 26.5 Å². The second-order valence-corrected chi connectivity index (χ2v) is 27.7. The molecule has 0 aliphatic carbocycles. The zero-order valence-corrected chi connectivity index (χ0v) is 91.3. The van der Waals surface area contributed by atoms with Gasteiger partial charge >= 0.3 is 132 Å². The number of carbonyl (C=O) groups excluding carboxylic acids is 3. The number of nitrogens with zero attached hydrogens (tertiary/aromatic N) is 13. The van der Waals surface area contributed by atoms with Crippen LogP contribution in [0.15, 0.2) is 80.9 Å². The summed E-state index contributed by atoms with van der Waals surface area (Å²) in [5.41, 5.74) is 13.1. The van der Waals surface area contributed by atoms with Crippen LogP contribution in [0.2, 0.25) is 0 Å². The van der Waals surface area contributed by atoms with E-state index in [2.05, 4.69) is 167 Å². The number of thioether (sulfide) groups is 2. The molecule has 9 aromatic rings. The molecule has 1 aliphatic rings. The van der Waals surface area contributed by atoms with E-state index in [1.165, 1.54) is 71.7 Å². The molecular weight excluding hydrogens is 2110 g/mol. The number of halogens is 8. The maximum absolute atomic E-state index is 11.3. The molecular formula is C65H105B2Cl7IK2N18NaO13S4U. The molecule has 1 saturated heterocycles. The van der Waals surface area contributed by atoms with Crippen molar-refractivity contribution in [3.8, 4) is 0 Å². The second-order valence-electron chi connectivity index (χ2n) is 20.2. The van der Waals surface area contributed by atoms with Crippen molar-refractivity contribution in [2.24, 2.45) is 0 Å². The Labute approximate surface area is 872 Å². The molecule has 0 aromatic carbocycles.